The summed E-state index contributed by atoms with van der Waals surface area (Å²) in [4.78, 5) is 22.6. The van der Waals surface area contributed by atoms with Gasteiger partial charge in [-0.3, -0.25) is 4.79 Å². The maximum absolute atomic E-state index is 12.6. The molecule has 1 saturated heterocycles. The Morgan fingerprint density at radius 3 is 2.42 bits per heavy atom. The number of morpholine rings is 1. The number of hydrogen-bond acceptors (Lipinski definition) is 5. The van der Waals surface area contributed by atoms with Gasteiger partial charge in [0.15, 0.2) is 0 Å². The second-order valence-electron chi connectivity index (χ2n) is 5.82. The number of nitrogens with zero attached hydrogens (tertiary/aromatic N) is 3. The number of ether oxygens (including phenoxy) is 1. The minimum atomic E-state index is -4.39. The maximum atomic E-state index is 12.6. The molecule has 9 heteroatoms. The van der Waals surface area contributed by atoms with Crippen LogP contribution in [0.25, 0.3) is 0 Å². The van der Waals surface area contributed by atoms with Gasteiger partial charge in [-0.1, -0.05) is 0 Å². The third kappa shape index (κ3) is 4.29. The van der Waals surface area contributed by atoms with Gasteiger partial charge in [0.2, 0.25) is 5.95 Å². The van der Waals surface area contributed by atoms with E-state index in [1.165, 1.54) is 12.1 Å². The third-order valence-electron chi connectivity index (χ3n) is 3.84. The normalized spacial score (nSPS) is 15.0. The fourth-order valence-electron chi connectivity index (χ4n) is 2.53. The molecule has 26 heavy (non-hydrogen) atoms. The molecule has 1 aromatic carbocycles. The number of benzene rings is 1. The first kappa shape index (κ1) is 18.1. The summed E-state index contributed by atoms with van der Waals surface area (Å²) in [6.07, 6.45) is -4.39. The number of anilines is 2. The van der Waals surface area contributed by atoms with Crippen LogP contribution in [0.3, 0.4) is 0 Å². The molecule has 1 fully saturated rings. The zero-order valence-electron chi connectivity index (χ0n) is 14.0. The van der Waals surface area contributed by atoms with Crippen LogP contribution >= 0.6 is 0 Å². The molecular formula is C17H17F3N4O2. The Morgan fingerprint density at radius 1 is 1.15 bits per heavy atom. The summed E-state index contributed by atoms with van der Waals surface area (Å²) < 4.78 is 43.1. The highest BCUT2D eigenvalue weighted by atomic mass is 19.4. The van der Waals surface area contributed by atoms with Gasteiger partial charge in [-0.2, -0.15) is 13.2 Å². The van der Waals surface area contributed by atoms with E-state index in [-0.39, 0.29) is 17.5 Å². The van der Waals surface area contributed by atoms with Gasteiger partial charge >= 0.3 is 6.18 Å². The summed E-state index contributed by atoms with van der Waals surface area (Å²) in [5.74, 6) is -0.0735. The van der Waals surface area contributed by atoms with E-state index in [2.05, 4.69) is 15.3 Å². The van der Waals surface area contributed by atoms with E-state index in [0.717, 1.165) is 12.1 Å². The lowest BCUT2D eigenvalue weighted by Gasteiger charge is -2.26. The fraction of sp³-hybridized carbons (Fsp3) is 0.353. The Kier molecular flexibility index (Phi) is 5.08. The molecule has 0 radical (unpaired) electrons. The highest BCUT2D eigenvalue weighted by Crippen LogP contribution is 2.30. The molecule has 1 N–H and O–H groups in total. The number of carbonyl (C=O) groups excluding carboxylic acids is 1. The molecule has 6 nitrogen and oxygen atoms in total. The summed E-state index contributed by atoms with van der Waals surface area (Å²) in [5, 5.41) is 2.84. The second kappa shape index (κ2) is 7.28. The van der Waals surface area contributed by atoms with Crippen molar-refractivity contribution in [2.24, 2.45) is 0 Å². The number of rotatable bonds is 3. The van der Waals surface area contributed by atoms with E-state index in [9.17, 15) is 18.0 Å². The Hall–Kier alpha value is -2.68. The number of nitrogens with one attached hydrogen (secondary N) is 1. The highest BCUT2D eigenvalue weighted by molar-refractivity contribution is 5.92. The summed E-state index contributed by atoms with van der Waals surface area (Å²) in [6, 6.07) is 6.10. The maximum Gasteiger partial charge on any atom is 0.416 e. The van der Waals surface area contributed by atoms with E-state index in [1.54, 1.807) is 17.9 Å². The number of halogens is 3. The lowest BCUT2D eigenvalue weighted by molar-refractivity contribution is -0.137. The van der Waals surface area contributed by atoms with Gasteiger partial charge in [0, 0.05) is 24.5 Å². The van der Waals surface area contributed by atoms with Crippen LogP contribution in [-0.2, 0) is 10.9 Å². The first-order valence-electron chi connectivity index (χ1n) is 8.00. The first-order valence-corrected chi connectivity index (χ1v) is 8.00. The Labute approximate surface area is 148 Å². The minimum absolute atomic E-state index is 0.154. The summed E-state index contributed by atoms with van der Waals surface area (Å²) in [7, 11) is 0. The summed E-state index contributed by atoms with van der Waals surface area (Å²) in [6.45, 7) is 3.65. The fourth-order valence-corrected chi connectivity index (χ4v) is 2.53. The SMILES string of the molecule is Cc1cc(C(=O)N2CCOCC2)nc(Nc2ccc(C(F)(F)F)cc2)n1. The molecule has 0 saturated carbocycles. The Bertz CT molecular complexity index is 788. The van der Waals surface area contributed by atoms with Crippen molar-refractivity contribution >= 4 is 17.5 Å². The number of carbonyl (C=O) groups is 1. The number of hydrogen-bond donors (Lipinski definition) is 1. The average Bonchev–Trinajstić information content (AvgIpc) is 2.61. The predicted molar refractivity (Wildman–Crippen MR) is 88.2 cm³/mol. The van der Waals surface area contributed by atoms with Gasteiger partial charge in [0.25, 0.3) is 5.91 Å². The van der Waals surface area contributed by atoms with Gasteiger partial charge in [0.1, 0.15) is 5.69 Å². The monoisotopic (exact) mass is 366 g/mol. The summed E-state index contributed by atoms with van der Waals surface area (Å²) in [5.41, 5.74) is 0.463. The molecule has 0 aliphatic carbocycles. The molecule has 138 valence electrons. The number of amides is 1. The molecule has 1 aliphatic rings. The van der Waals surface area contributed by atoms with Crippen molar-refractivity contribution in [2.75, 3.05) is 31.6 Å². The van der Waals surface area contributed by atoms with Crippen molar-refractivity contribution in [3.05, 3.63) is 47.3 Å². The van der Waals surface area contributed by atoms with Crippen LogP contribution in [0.5, 0.6) is 0 Å². The predicted octanol–water partition coefficient (Wildman–Crippen LogP) is 3.02. The minimum Gasteiger partial charge on any atom is -0.378 e. The molecule has 2 heterocycles. The van der Waals surface area contributed by atoms with Crippen molar-refractivity contribution in [1.29, 1.82) is 0 Å². The van der Waals surface area contributed by atoms with Gasteiger partial charge in [-0.05, 0) is 37.3 Å². The highest BCUT2D eigenvalue weighted by Gasteiger charge is 2.30. The molecule has 0 bridgehead atoms. The van der Waals surface area contributed by atoms with Crippen LogP contribution in [0.2, 0.25) is 0 Å². The van der Waals surface area contributed by atoms with Crippen LogP contribution in [0.1, 0.15) is 21.7 Å². The van der Waals surface area contributed by atoms with Gasteiger partial charge < -0.3 is 15.0 Å². The van der Waals surface area contributed by atoms with Crippen molar-refractivity contribution in [2.45, 2.75) is 13.1 Å². The quantitative estimate of drug-likeness (QED) is 0.905. The Balaban J connectivity index is 1.78. The Morgan fingerprint density at radius 2 is 1.81 bits per heavy atom. The van der Waals surface area contributed by atoms with Crippen molar-refractivity contribution in [1.82, 2.24) is 14.9 Å². The van der Waals surface area contributed by atoms with Crippen molar-refractivity contribution in [3.63, 3.8) is 0 Å². The molecule has 1 aliphatic heterocycles. The average molecular weight is 366 g/mol. The van der Waals surface area contributed by atoms with Gasteiger partial charge in [-0.15, -0.1) is 0 Å². The summed E-state index contributed by atoms with van der Waals surface area (Å²) >= 11 is 0. The van der Waals surface area contributed by atoms with Crippen LogP contribution in [-0.4, -0.2) is 47.1 Å². The van der Waals surface area contributed by atoms with Gasteiger partial charge in [0.05, 0.1) is 18.8 Å². The zero-order valence-corrected chi connectivity index (χ0v) is 14.0. The second-order valence-corrected chi connectivity index (χ2v) is 5.82. The lowest BCUT2D eigenvalue weighted by atomic mass is 10.2. The number of aromatic nitrogens is 2. The van der Waals surface area contributed by atoms with Crippen LogP contribution in [0, 0.1) is 6.92 Å². The molecule has 3 rings (SSSR count). The molecule has 1 amide bonds. The van der Waals surface area contributed by atoms with E-state index < -0.39 is 11.7 Å². The standard InChI is InChI=1S/C17H17F3N4O2/c1-11-10-14(15(25)24-6-8-26-9-7-24)23-16(21-11)22-13-4-2-12(3-5-13)17(18,19)20/h2-5,10H,6-9H2,1H3,(H,21,22,23). The van der Waals surface area contributed by atoms with Crippen LogP contribution < -0.4 is 5.32 Å². The van der Waals surface area contributed by atoms with E-state index in [4.69, 9.17) is 4.74 Å². The molecular weight excluding hydrogens is 349 g/mol. The topological polar surface area (TPSA) is 67.4 Å². The zero-order chi connectivity index (χ0) is 18.7. The molecule has 0 unspecified atom stereocenters. The number of alkyl halides is 3. The third-order valence-corrected chi connectivity index (χ3v) is 3.84. The van der Waals surface area contributed by atoms with Crippen LogP contribution in [0.4, 0.5) is 24.8 Å². The smallest absolute Gasteiger partial charge is 0.378 e. The lowest BCUT2D eigenvalue weighted by Crippen LogP contribution is -2.41. The molecule has 1 aromatic heterocycles. The molecule has 2 aromatic rings. The number of aryl methyl sites for hydroxylation is 1. The van der Waals surface area contributed by atoms with E-state index in [0.29, 0.717) is 37.7 Å². The van der Waals surface area contributed by atoms with Crippen molar-refractivity contribution in [3.8, 4) is 0 Å². The largest absolute Gasteiger partial charge is 0.416 e. The van der Waals surface area contributed by atoms with Crippen molar-refractivity contribution < 1.29 is 22.7 Å². The van der Waals surface area contributed by atoms with Gasteiger partial charge in [-0.25, -0.2) is 9.97 Å². The molecule has 0 spiro atoms. The van der Waals surface area contributed by atoms with E-state index in [1.807, 2.05) is 0 Å². The molecule has 0 atom stereocenters. The van der Waals surface area contributed by atoms with Crippen LogP contribution in [0.15, 0.2) is 30.3 Å². The van der Waals surface area contributed by atoms with E-state index >= 15 is 0 Å². The first-order chi connectivity index (χ1) is 12.3.